The standard InChI is InChI=1S/C13H10BrClN4O/c1-6-3-8(4-7(2)9(6)14)20-12-10-11(17-5-16-10)18-13(15)19-12/h3-5H,1-2H3,(H,16,17,18,19). The highest BCUT2D eigenvalue weighted by atomic mass is 79.9. The molecule has 0 fully saturated rings. The van der Waals surface area contributed by atoms with Crippen LogP contribution in [0.25, 0.3) is 11.2 Å². The minimum Gasteiger partial charge on any atom is -0.437 e. The summed E-state index contributed by atoms with van der Waals surface area (Å²) in [5, 5.41) is 0.102. The van der Waals surface area contributed by atoms with E-state index in [1.807, 2.05) is 26.0 Å². The van der Waals surface area contributed by atoms with Crippen LogP contribution in [0.3, 0.4) is 0 Å². The van der Waals surface area contributed by atoms with Crippen molar-refractivity contribution in [2.24, 2.45) is 0 Å². The summed E-state index contributed by atoms with van der Waals surface area (Å²) in [6.45, 7) is 4.01. The van der Waals surface area contributed by atoms with Crippen LogP contribution >= 0.6 is 27.5 Å². The third-order valence-corrected chi connectivity index (χ3v) is 4.27. The summed E-state index contributed by atoms with van der Waals surface area (Å²) >= 11 is 9.40. The number of aryl methyl sites for hydroxylation is 2. The zero-order valence-corrected chi connectivity index (χ0v) is 13.1. The summed E-state index contributed by atoms with van der Waals surface area (Å²) in [6.07, 6.45) is 1.53. The van der Waals surface area contributed by atoms with E-state index in [1.165, 1.54) is 6.33 Å². The Morgan fingerprint density at radius 1 is 1.20 bits per heavy atom. The lowest BCUT2D eigenvalue weighted by Crippen LogP contribution is -1.94. The maximum absolute atomic E-state index is 5.87. The molecule has 3 rings (SSSR count). The second-order valence-corrected chi connectivity index (χ2v) is 5.50. The van der Waals surface area contributed by atoms with Crippen LogP contribution in [-0.2, 0) is 0 Å². The molecule has 0 bridgehead atoms. The van der Waals surface area contributed by atoms with E-state index in [-0.39, 0.29) is 5.28 Å². The van der Waals surface area contributed by atoms with E-state index < -0.39 is 0 Å². The molecular formula is C13H10BrClN4O. The Morgan fingerprint density at radius 3 is 2.60 bits per heavy atom. The predicted molar refractivity (Wildman–Crippen MR) is 80.4 cm³/mol. The molecule has 0 aliphatic rings. The third-order valence-electron chi connectivity index (χ3n) is 2.85. The molecule has 3 aromatic rings. The van der Waals surface area contributed by atoms with Gasteiger partial charge >= 0.3 is 0 Å². The quantitative estimate of drug-likeness (QED) is 0.702. The Bertz CT molecular complexity index is 779. The second-order valence-electron chi connectivity index (χ2n) is 4.37. The largest absolute Gasteiger partial charge is 0.437 e. The molecule has 1 aromatic carbocycles. The van der Waals surface area contributed by atoms with Gasteiger partial charge in [0.05, 0.1) is 6.33 Å². The number of aromatic amines is 1. The minimum absolute atomic E-state index is 0.102. The number of halogens is 2. The maximum Gasteiger partial charge on any atom is 0.250 e. The Morgan fingerprint density at radius 2 is 1.90 bits per heavy atom. The molecule has 0 atom stereocenters. The van der Waals surface area contributed by atoms with Crippen molar-refractivity contribution < 1.29 is 4.74 Å². The Labute approximate surface area is 128 Å². The summed E-state index contributed by atoms with van der Waals surface area (Å²) in [5.74, 6) is 1.05. The van der Waals surface area contributed by atoms with Crippen LogP contribution in [0.5, 0.6) is 11.6 Å². The fourth-order valence-corrected chi connectivity index (χ4v) is 2.32. The molecule has 0 saturated carbocycles. The van der Waals surface area contributed by atoms with Crippen LogP contribution in [0.1, 0.15) is 11.1 Å². The van der Waals surface area contributed by atoms with E-state index in [0.29, 0.717) is 22.8 Å². The van der Waals surface area contributed by atoms with Crippen LogP contribution in [-0.4, -0.2) is 19.9 Å². The summed E-state index contributed by atoms with van der Waals surface area (Å²) in [6, 6.07) is 3.85. The molecular weight excluding hydrogens is 344 g/mol. The van der Waals surface area contributed by atoms with Crippen LogP contribution < -0.4 is 4.74 Å². The molecule has 5 nitrogen and oxygen atoms in total. The van der Waals surface area contributed by atoms with Crippen molar-refractivity contribution in [1.29, 1.82) is 0 Å². The van der Waals surface area contributed by atoms with E-state index in [2.05, 4.69) is 35.9 Å². The number of H-pyrrole nitrogens is 1. The number of hydrogen-bond acceptors (Lipinski definition) is 4. The predicted octanol–water partition coefficient (Wildman–Crippen LogP) is 4.18. The van der Waals surface area contributed by atoms with Gasteiger partial charge in [0, 0.05) is 4.47 Å². The number of nitrogens with zero attached hydrogens (tertiary/aromatic N) is 3. The number of ether oxygens (including phenoxy) is 1. The first kappa shape index (κ1) is 13.3. The van der Waals surface area contributed by atoms with Gasteiger partial charge in [-0.25, -0.2) is 4.98 Å². The number of benzene rings is 1. The van der Waals surface area contributed by atoms with Gasteiger partial charge in [-0.3, -0.25) is 0 Å². The maximum atomic E-state index is 5.87. The number of nitrogens with one attached hydrogen (secondary N) is 1. The molecule has 7 heteroatoms. The molecule has 0 radical (unpaired) electrons. The molecule has 20 heavy (non-hydrogen) atoms. The van der Waals surface area contributed by atoms with Gasteiger partial charge in [-0.2, -0.15) is 9.97 Å². The fourth-order valence-electron chi connectivity index (χ4n) is 1.93. The van der Waals surface area contributed by atoms with Gasteiger partial charge < -0.3 is 9.72 Å². The Balaban J connectivity index is 2.07. The van der Waals surface area contributed by atoms with Crippen molar-refractivity contribution >= 4 is 38.7 Å². The van der Waals surface area contributed by atoms with E-state index in [9.17, 15) is 0 Å². The van der Waals surface area contributed by atoms with Crippen molar-refractivity contribution in [3.63, 3.8) is 0 Å². The van der Waals surface area contributed by atoms with Gasteiger partial charge in [-0.05, 0) is 48.7 Å². The van der Waals surface area contributed by atoms with Crippen molar-refractivity contribution in [3.8, 4) is 11.6 Å². The topological polar surface area (TPSA) is 63.7 Å². The van der Waals surface area contributed by atoms with Crippen molar-refractivity contribution in [3.05, 3.63) is 39.3 Å². The number of hydrogen-bond donors (Lipinski definition) is 1. The van der Waals surface area contributed by atoms with E-state index >= 15 is 0 Å². The lowest BCUT2D eigenvalue weighted by molar-refractivity contribution is 0.466. The molecule has 2 aromatic heterocycles. The van der Waals surface area contributed by atoms with Gasteiger partial charge in [0.1, 0.15) is 11.3 Å². The molecule has 102 valence electrons. The first-order valence-electron chi connectivity index (χ1n) is 5.86. The van der Waals surface area contributed by atoms with Crippen LogP contribution in [0.15, 0.2) is 22.9 Å². The van der Waals surface area contributed by atoms with Crippen LogP contribution in [0.2, 0.25) is 5.28 Å². The molecule has 0 spiro atoms. The van der Waals surface area contributed by atoms with Crippen LogP contribution in [0, 0.1) is 13.8 Å². The number of aromatic nitrogens is 4. The minimum atomic E-state index is 0.102. The Kier molecular flexibility index (Phi) is 3.35. The summed E-state index contributed by atoms with van der Waals surface area (Å²) in [4.78, 5) is 15.1. The molecule has 0 unspecified atom stereocenters. The van der Waals surface area contributed by atoms with E-state index in [1.54, 1.807) is 0 Å². The SMILES string of the molecule is Cc1cc(Oc2nc(Cl)nc3nc[nH]c23)cc(C)c1Br. The smallest absolute Gasteiger partial charge is 0.250 e. The Hall–Kier alpha value is -1.66. The van der Waals surface area contributed by atoms with Crippen molar-refractivity contribution in [1.82, 2.24) is 19.9 Å². The molecule has 0 aliphatic carbocycles. The molecule has 0 saturated heterocycles. The summed E-state index contributed by atoms with van der Waals surface area (Å²) in [7, 11) is 0. The zero-order valence-electron chi connectivity index (χ0n) is 10.7. The lowest BCUT2D eigenvalue weighted by atomic mass is 10.1. The lowest BCUT2D eigenvalue weighted by Gasteiger charge is -2.09. The number of rotatable bonds is 2. The van der Waals surface area contributed by atoms with Crippen molar-refractivity contribution in [2.75, 3.05) is 0 Å². The van der Waals surface area contributed by atoms with E-state index in [0.717, 1.165) is 15.6 Å². The average molecular weight is 354 g/mol. The molecule has 0 aliphatic heterocycles. The highest BCUT2D eigenvalue weighted by Gasteiger charge is 2.12. The fraction of sp³-hybridized carbons (Fsp3) is 0.154. The van der Waals surface area contributed by atoms with Gasteiger partial charge in [-0.15, -0.1) is 0 Å². The van der Waals surface area contributed by atoms with Crippen LogP contribution in [0.4, 0.5) is 0 Å². The van der Waals surface area contributed by atoms with Gasteiger partial charge in [0.15, 0.2) is 5.65 Å². The number of imidazole rings is 1. The highest BCUT2D eigenvalue weighted by Crippen LogP contribution is 2.31. The third kappa shape index (κ3) is 2.36. The molecule has 2 heterocycles. The van der Waals surface area contributed by atoms with Crippen molar-refractivity contribution in [2.45, 2.75) is 13.8 Å². The highest BCUT2D eigenvalue weighted by molar-refractivity contribution is 9.10. The monoisotopic (exact) mass is 352 g/mol. The second kappa shape index (κ2) is 5.03. The molecule has 0 amide bonds. The first-order chi connectivity index (χ1) is 9.54. The zero-order chi connectivity index (χ0) is 14.3. The normalized spacial score (nSPS) is 11.0. The van der Waals surface area contributed by atoms with Gasteiger partial charge in [-0.1, -0.05) is 15.9 Å². The van der Waals surface area contributed by atoms with Gasteiger partial charge in [0.25, 0.3) is 0 Å². The first-order valence-corrected chi connectivity index (χ1v) is 7.03. The molecule has 1 N–H and O–H groups in total. The summed E-state index contributed by atoms with van der Waals surface area (Å²) in [5.41, 5.74) is 3.26. The van der Waals surface area contributed by atoms with Gasteiger partial charge in [0.2, 0.25) is 11.2 Å². The number of fused-ring (bicyclic) bond motifs is 1. The van der Waals surface area contributed by atoms with E-state index in [4.69, 9.17) is 16.3 Å². The summed E-state index contributed by atoms with van der Waals surface area (Å²) < 4.78 is 6.89. The average Bonchev–Trinajstić information content (AvgIpc) is 2.84.